The number of carbonyl (C=O) groups is 3. The molecule has 42 heavy (non-hydrogen) atoms. The summed E-state index contributed by atoms with van der Waals surface area (Å²) in [6.45, 7) is 5.12. The number of ether oxygens (including phenoxy) is 3. The molecule has 0 aliphatic heterocycles. The molecule has 0 aromatic heterocycles. The summed E-state index contributed by atoms with van der Waals surface area (Å²) in [4.78, 5) is 37.0. The molecule has 2 N–H and O–H groups in total. The molecule has 0 fully saturated rings. The van der Waals surface area contributed by atoms with Gasteiger partial charge in [0.25, 0.3) is 0 Å². The molecule has 0 unspecified atom stereocenters. The van der Waals surface area contributed by atoms with Crippen molar-refractivity contribution in [1.82, 2.24) is 5.32 Å². The van der Waals surface area contributed by atoms with E-state index in [4.69, 9.17) is 14.2 Å². The normalized spacial score (nSPS) is 12.5. The van der Waals surface area contributed by atoms with Crippen LogP contribution in [0.2, 0.25) is 0 Å². The zero-order valence-electron chi connectivity index (χ0n) is 26.5. The van der Waals surface area contributed by atoms with Crippen LogP contribution >= 0.6 is 0 Å². The van der Waals surface area contributed by atoms with Gasteiger partial charge in [0.2, 0.25) is 0 Å². The molecule has 240 valence electrons. The molecular weight excluding hydrogens is 534 g/mol. The number of hydrogen-bond donors (Lipinski definition) is 2. The number of nitrogens with one attached hydrogen (secondary N) is 1. The topological polar surface area (TPSA) is 111 Å². The highest BCUT2D eigenvalue weighted by Gasteiger charge is 2.27. The van der Waals surface area contributed by atoms with Crippen molar-refractivity contribution in [2.75, 3.05) is 13.2 Å². The molecule has 2 atom stereocenters. The lowest BCUT2D eigenvalue weighted by molar-refractivity contribution is -0.163. The van der Waals surface area contributed by atoms with Crippen LogP contribution in [0.3, 0.4) is 0 Å². The third-order valence-electron chi connectivity index (χ3n) is 7.30. The number of benzene rings is 1. The van der Waals surface area contributed by atoms with Crippen molar-refractivity contribution in [3.63, 3.8) is 0 Å². The summed E-state index contributed by atoms with van der Waals surface area (Å²) in [6.07, 6.45) is 17.4. The quantitative estimate of drug-likeness (QED) is 0.0682. The van der Waals surface area contributed by atoms with Crippen LogP contribution in [0.25, 0.3) is 0 Å². The first-order chi connectivity index (χ1) is 20.4. The molecule has 0 heterocycles. The summed E-state index contributed by atoms with van der Waals surface area (Å²) in [5, 5.41) is 12.1. The van der Waals surface area contributed by atoms with Gasteiger partial charge in [-0.2, -0.15) is 0 Å². The van der Waals surface area contributed by atoms with Gasteiger partial charge in [0.1, 0.15) is 19.3 Å². The predicted octanol–water partition coefficient (Wildman–Crippen LogP) is 7.65. The van der Waals surface area contributed by atoms with Crippen LogP contribution in [0.5, 0.6) is 0 Å². The van der Waals surface area contributed by atoms with E-state index in [-0.39, 0.29) is 25.6 Å². The lowest BCUT2D eigenvalue weighted by Crippen LogP contribution is -2.46. The first-order valence-corrected chi connectivity index (χ1v) is 16.3. The van der Waals surface area contributed by atoms with E-state index >= 15 is 0 Å². The predicted molar refractivity (Wildman–Crippen MR) is 166 cm³/mol. The third-order valence-corrected chi connectivity index (χ3v) is 7.30. The van der Waals surface area contributed by atoms with Crippen molar-refractivity contribution in [2.45, 2.75) is 142 Å². The Labute approximate surface area is 254 Å². The van der Waals surface area contributed by atoms with E-state index in [1.807, 2.05) is 30.3 Å². The van der Waals surface area contributed by atoms with Crippen LogP contribution in [0, 0.1) is 5.92 Å². The SMILES string of the molecule is CCCCCCCCCCCCCCCCCC(=O)O[C@@H](CO)COC(=O)[C@H](NC(=O)OCc1ccccc1)C(C)C. The first kappa shape index (κ1) is 37.4. The number of aliphatic hydroxyl groups excluding tert-OH is 1. The van der Waals surface area contributed by atoms with Gasteiger partial charge in [-0.05, 0) is 17.9 Å². The van der Waals surface area contributed by atoms with Crippen LogP contribution in [-0.4, -0.2) is 48.5 Å². The Bertz CT molecular complexity index is 830. The van der Waals surface area contributed by atoms with Crippen LogP contribution < -0.4 is 5.32 Å². The van der Waals surface area contributed by atoms with Gasteiger partial charge in [-0.25, -0.2) is 9.59 Å². The summed E-state index contributed by atoms with van der Waals surface area (Å²) in [6, 6.07) is 8.27. The fourth-order valence-electron chi connectivity index (χ4n) is 4.66. The molecule has 0 saturated heterocycles. The maximum absolute atomic E-state index is 12.6. The molecule has 1 aromatic carbocycles. The van der Waals surface area contributed by atoms with E-state index in [0.29, 0.717) is 0 Å². The van der Waals surface area contributed by atoms with E-state index in [1.165, 1.54) is 77.0 Å². The minimum absolute atomic E-state index is 0.0778. The smallest absolute Gasteiger partial charge is 0.408 e. The van der Waals surface area contributed by atoms with Crippen molar-refractivity contribution in [3.8, 4) is 0 Å². The van der Waals surface area contributed by atoms with Gasteiger partial charge in [0.05, 0.1) is 6.61 Å². The summed E-state index contributed by atoms with van der Waals surface area (Å²) in [7, 11) is 0. The fourth-order valence-corrected chi connectivity index (χ4v) is 4.66. The molecular formula is C34H57NO7. The van der Waals surface area contributed by atoms with E-state index in [2.05, 4.69) is 12.2 Å². The van der Waals surface area contributed by atoms with E-state index < -0.39 is 36.8 Å². The van der Waals surface area contributed by atoms with E-state index in [0.717, 1.165) is 24.8 Å². The van der Waals surface area contributed by atoms with Crippen molar-refractivity contribution in [3.05, 3.63) is 35.9 Å². The van der Waals surface area contributed by atoms with Crippen LogP contribution in [0.1, 0.15) is 129 Å². The van der Waals surface area contributed by atoms with Gasteiger partial charge in [0, 0.05) is 6.42 Å². The molecule has 0 aliphatic rings. The minimum Gasteiger partial charge on any atom is -0.460 e. The molecule has 0 radical (unpaired) electrons. The number of hydrogen-bond acceptors (Lipinski definition) is 7. The summed E-state index contributed by atoms with van der Waals surface area (Å²) < 4.78 is 15.8. The van der Waals surface area contributed by atoms with Gasteiger partial charge >= 0.3 is 18.0 Å². The molecule has 1 amide bonds. The Kier molecular flexibility index (Phi) is 22.2. The minimum atomic E-state index is -0.948. The van der Waals surface area contributed by atoms with Crippen LogP contribution in [-0.2, 0) is 30.4 Å². The van der Waals surface area contributed by atoms with E-state index in [9.17, 15) is 19.5 Å². The molecule has 1 rings (SSSR count). The maximum atomic E-state index is 12.6. The Morgan fingerprint density at radius 1 is 0.762 bits per heavy atom. The number of carbonyl (C=O) groups excluding carboxylic acids is 3. The van der Waals surface area contributed by atoms with Gasteiger partial charge in [-0.15, -0.1) is 0 Å². The van der Waals surface area contributed by atoms with Gasteiger partial charge in [-0.3, -0.25) is 4.79 Å². The number of rotatable bonds is 25. The third kappa shape index (κ3) is 19.5. The highest BCUT2D eigenvalue weighted by molar-refractivity contribution is 5.81. The summed E-state index contributed by atoms with van der Waals surface area (Å²) >= 11 is 0. The Morgan fingerprint density at radius 3 is 1.79 bits per heavy atom. The summed E-state index contributed by atoms with van der Waals surface area (Å²) in [5.74, 6) is -1.36. The Morgan fingerprint density at radius 2 is 1.29 bits per heavy atom. The number of aliphatic hydroxyl groups is 1. The molecule has 0 spiro atoms. The number of unbranched alkanes of at least 4 members (excludes halogenated alkanes) is 14. The molecule has 0 bridgehead atoms. The van der Waals surface area contributed by atoms with Crippen LogP contribution in [0.4, 0.5) is 4.79 Å². The Balaban J connectivity index is 2.14. The molecule has 8 heteroatoms. The number of esters is 2. The van der Waals surface area contributed by atoms with Crippen LogP contribution in [0.15, 0.2) is 30.3 Å². The second-order valence-electron chi connectivity index (χ2n) is 11.6. The maximum Gasteiger partial charge on any atom is 0.408 e. The fraction of sp³-hybridized carbons (Fsp3) is 0.735. The average molecular weight is 592 g/mol. The Hall–Kier alpha value is -2.61. The van der Waals surface area contributed by atoms with Gasteiger partial charge in [-0.1, -0.05) is 141 Å². The zero-order valence-corrected chi connectivity index (χ0v) is 26.5. The highest BCUT2D eigenvalue weighted by Crippen LogP contribution is 2.14. The molecule has 0 saturated carbocycles. The molecule has 0 aliphatic carbocycles. The standard InChI is InChI=1S/C34H57NO7/c1-4-5-6-7-8-9-10-11-12-13-14-15-16-17-21-24-31(37)42-30(25-36)27-40-33(38)32(28(2)3)35-34(39)41-26-29-22-19-18-20-23-29/h18-20,22-23,28,30,32,36H,4-17,21,24-27H2,1-3H3,(H,35,39)/t30-,32+/m0/s1. The lowest BCUT2D eigenvalue weighted by atomic mass is 10.0. The first-order valence-electron chi connectivity index (χ1n) is 16.3. The number of alkyl carbamates (subject to hydrolysis) is 1. The van der Waals surface area contributed by atoms with E-state index in [1.54, 1.807) is 13.8 Å². The largest absolute Gasteiger partial charge is 0.460 e. The molecule has 1 aromatic rings. The molecule has 8 nitrogen and oxygen atoms in total. The zero-order chi connectivity index (χ0) is 30.8. The van der Waals surface area contributed by atoms with Crippen molar-refractivity contribution >= 4 is 18.0 Å². The highest BCUT2D eigenvalue weighted by atomic mass is 16.6. The lowest BCUT2D eigenvalue weighted by Gasteiger charge is -2.22. The number of amides is 1. The second kappa shape index (κ2) is 24.9. The van der Waals surface area contributed by atoms with Crippen molar-refractivity contribution < 1.29 is 33.7 Å². The average Bonchev–Trinajstić information content (AvgIpc) is 2.99. The van der Waals surface area contributed by atoms with Gasteiger partial charge < -0.3 is 24.6 Å². The van der Waals surface area contributed by atoms with Crippen molar-refractivity contribution in [2.24, 2.45) is 5.92 Å². The monoisotopic (exact) mass is 591 g/mol. The second-order valence-corrected chi connectivity index (χ2v) is 11.6. The van der Waals surface area contributed by atoms with Crippen molar-refractivity contribution in [1.29, 1.82) is 0 Å². The summed E-state index contributed by atoms with van der Waals surface area (Å²) in [5.41, 5.74) is 0.827. The van der Waals surface area contributed by atoms with Gasteiger partial charge in [0.15, 0.2) is 6.10 Å².